The van der Waals surface area contributed by atoms with Crippen molar-refractivity contribution in [2.45, 2.75) is 64.4 Å². The van der Waals surface area contributed by atoms with E-state index in [1.54, 1.807) is 12.0 Å². The minimum atomic E-state index is -0.830. The van der Waals surface area contributed by atoms with Gasteiger partial charge in [-0.25, -0.2) is 0 Å². The maximum Gasteiger partial charge on any atom is 0.239 e. The number of hydrogen-bond donors (Lipinski definition) is 2. The van der Waals surface area contributed by atoms with Crippen LogP contribution in [0.2, 0.25) is 0 Å². The number of likely N-dealkylation sites (tertiary alicyclic amines) is 1. The minimum Gasteiger partial charge on any atom is -0.490 e. The molecular weight excluding hydrogens is 582 g/mol. The molecule has 0 aliphatic carbocycles. The summed E-state index contributed by atoms with van der Waals surface area (Å²) in [4.78, 5) is 17.3. The number of nitrogens with two attached hydrogens (primary N) is 1. The highest BCUT2D eigenvalue weighted by Crippen LogP contribution is 2.36. The summed E-state index contributed by atoms with van der Waals surface area (Å²) in [6, 6.07) is 21.4. The molecule has 2 aliphatic rings. The molecule has 0 bridgehead atoms. The predicted molar refractivity (Wildman–Crippen MR) is 180 cm³/mol. The second kappa shape index (κ2) is 15.8. The topological polar surface area (TPSA) is 107 Å². The Hall–Kier alpha value is -3.63. The molecule has 4 atom stereocenters. The highest BCUT2D eigenvalue weighted by atomic mass is 16.5. The number of anilines is 1. The molecule has 1 fully saturated rings. The van der Waals surface area contributed by atoms with Gasteiger partial charge >= 0.3 is 0 Å². The zero-order valence-corrected chi connectivity index (χ0v) is 27.6. The maximum absolute atomic E-state index is 13.3. The Morgan fingerprint density at radius 2 is 1.72 bits per heavy atom. The molecule has 0 aromatic heterocycles. The number of β-amino-alcohol motifs (C(OH)–C–C–N with tert-alkyl or cyclic N) is 1. The van der Waals surface area contributed by atoms with Crippen LogP contribution in [0, 0.1) is 5.92 Å². The Morgan fingerprint density at radius 3 is 2.39 bits per heavy atom. The molecule has 46 heavy (non-hydrogen) atoms. The van der Waals surface area contributed by atoms with Crippen molar-refractivity contribution in [3.63, 3.8) is 0 Å². The highest BCUT2D eigenvalue weighted by Gasteiger charge is 2.40. The Bertz CT molecular complexity index is 1410. The fourth-order valence-electron chi connectivity index (χ4n) is 6.19. The second-order valence-electron chi connectivity index (χ2n) is 12.6. The van der Waals surface area contributed by atoms with Gasteiger partial charge in [0.05, 0.1) is 37.1 Å². The van der Waals surface area contributed by atoms with Crippen LogP contribution >= 0.6 is 0 Å². The average Bonchev–Trinajstić information content (AvgIpc) is 3.07. The van der Waals surface area contributed by atoms with Crippen molar-refractivity contribution in [2.75, 3.05) is 51.4 Å². The predicted octanol–water partition coefficient (Wildman–Crippen LogP) is 5.13. The smallest absolute Gasteiger partial charge is 0.239 e. The van der Waals surface area contributed by atoms with Crippen molar-refractivity contribution in [3.05, 3.63) is 83.4 Å². The van der Waals surface area contributed by atoms with E-state index < -0.39 is 18.2 Å². The van der Waals surface area contributed by atoms with Crippen LogP contribution in [-0.2, 0) is 27.3 Å². The molecule has 9 heteroatoms. The van der Waals surface area contributed by atoms with E-state index >= 15 is 0 Å². The van der Waals surface area contributed by atoms with Crippen LogP contribution in [0.1, 0.15) is 49.8 Å². The van der Waals surface area contributed by atoms with Gasteiger partial charge in [-0.2, -0.15) is 0 Å². The molecule has 2 aliphatic heterocycles. The Kier molecular flexibility index (Phi) is 11.6. The molecule has 1 amide bonds. The first-order chi connectivity index (χ1) is 22.3. The molecule has 3 N–H and O–H groups in total. The number of ether oxygens (including phenoxy) is 4. The summed E-state index contributed by atoms with van der Waals surface area (Å²) in [5.41, 5.74) is 10.5. The van der Waals surface area contributed by atoms with Gasteiger partial charge in [0.2, 0.25) is 5.91 Å². The number of aliphatic hydroxyl groups excluding tert-OH is 1. The molecule has 2 heterocycles. The fourth-order valence-corrected chi connectivity index (χ4v) is 6.19. The number of amides is 1. The van der Waals surface area contributed by atoms with Crippen molar-refractivity contribution in [1.82, 2.24) is 4.90 Å². The summed E-state index contributed by atoms with van der Waals surface area (Å²) < 4.78 is 23.9. The van der Waals surface area contributed by atoms with Crippen molar-refractivity contribution in [3.8, 4) is 17.2 Å². The monoisotopic (exact) mass is 631 g/mol. The third kappa shape index (κ3) is 8.20. The largest absolute Gasteiger partial charge is 0.490 e. The molecule has 0 spiro atoms. The quantitative estimate of drug-likeness (QED) is 0.250. The van der Waals surface area contributed by atoms with E-state index in [1.165, 1.54) is 5.56 Å². The zero-order valence-electron chi connectivity index (χ0n) is 27.6. The number of nitrogens with zero attached hydrogens (tertiary/aromatic N) is 2. The van der Waals surface area contributed by atoms with Gasteiger partial charge in [0, 0.05) is 39.3 Å². The van der Waals surface area contributed by atoms with Crippen LogP contribution in [0.15, 0.2) is 66.7 Å². The molecule has 1 saturated heterocycles. The van der Waals surface area contributed by atoms with Gasteiger partial charge in [0.15, 0.2) is 0 Å². The fraction of sp³-hybridized carbons (Fsp3) is 0.486. The van der Waals surface area contributed by atoms with Crippen LogP contribution in [-0.4, -0.2) is 80.7 Å². The number of benzene rings is 3. The molecule has 1 unspecified atom stereocenters. The minimum absolute atomic E-state index is 0.0167. The highest BCUT2D eigenvalue weighted by molar-refractivity contribution is 5.82. The Balaban J connectivity index is 1.34. The summed E-state index contributed by atoms with van der Waals surface area (Å²) in [5, 5.41) is 11.5. The number of aryl methyl sites for hydroxylation is 1. The summed E-state index contributed by atoms with van der Waals surface area (Å²) >= 11 is 0. The number of hydrogen-bond acceptors (Lipinski definition) is 8. The van der Waals surface area contributed by atoms with Crippen LogP contribution in [0.3, 0.4) is 0 Å². The lowest BCUT2D eigenvalue weighted by atomic mass is 9.84. The first-order valence-corrected chi connectivity index (χ1v) is 16.5. The second-order valence-corrected chi connectivity index (χ2v) is 12.6. The molecular formula is C37H49N3O6. The molecule has 0 radical (unpaired) electrons. The van der Waals surface area contributed by atoms with E-state index in [4.69, 9.17) is 24.7 Å². The van der Waals surface area contributed by atoms with Crippen LogP contribution in [0.25, 0.3) is 0 Å². The summed E-state index contributed by atoms with van der Waals surface area (Å²) in [7, 11) is 1.72. The van der Waals surface area contributed by atoms with E-state index in [2.05, 4.69) is 30.0 Å². The molecule has 3 aromatic rings. The number of methoxy groups -OCH3 is 1. The molecule has 9 nitrogen and oxygen atoms in total. The van der Waals surface area contributed by atoms with Gasteiger partial charge in [0.1, 0.15) is 23.9 Å². The van der Waals surface area contributed by atoms with Crippen LogP contribution < -0.4 is 20.1 Å². The normalized spacial score (nSPS) is 20.3. The van der Waals surface area contributed by atoms with E-state index in [1.807, 2.05) is 62.4 Å². The summed E-state index contributed by atoms with van der Waals surface area (Å²) in [6.07, 6.45) is 0.618. The number of fused-ring (bicyclic) bond motifs is 1. The van der Waals surface area contributed by atoms with E-state index in [0.29, 0.717) is 32.1 Å². The number of rotatable bonds is 13. The Morgan fingerprint density at radius 1 is 1.02 bits per heavy atom. The summed E-state index contributed by atoms with van der Waals surface area (Å²) in [5.74, 6) is 1.81. The number of carbonyl (C=O) groups is 1. The van der Waals surface area contributed by atoms with Crippen molar-refractivity contribution in [1.29, 1.82) is 0 Å². The lowest BCUT2D eigenvalue weighted by Gasteiger charge is -2.43. The number of carbonyl (C=O) groups excluding carboxylic acids is 1. The van der Waals surface area contributed by atoms with Crippen molar-refractivity contribution >= 4 is 11.6 Å². The third-order valence-corrected chi connectivity index (χ3v) is 8.99. The van der Waals surface area contributed by atoms with E-state index in [9.17, 15) is 9.90 Å². The van der Waals surface area contributed by atoms with Gasteiger partial charge in [-0.3, -0.25) is 4.79 Å². The van der Waals surface area contributed by atoms with Gasteiger partial charge in [-0.1, -0.05) is 51.1 Å². The van der Waals surface area contributed by atoms with Crippen molar-refractivity contribution in [2.24, 2.45) is 11.7 Å². The zero-order chi connectivity index (χ0) is 32.6. The number of piperidine rings is 1. The van der Waals surface area contributed by atoms with Crippen molar-refractivity contribution < 1.29 is 28.8 Å². The van der Waals surface area contributed by atoms with Gasteiger partial charge in [-0.15, -0.1) is 0 Å². The number of aliphatic hydroxyl groups is 1. The molecule has 5 rings (SSSR count). The van der Waals surface area contributed by atoms with E-state index in [0.717, 1.165) is 54.2 Å². The van der Waals surface area contributed by atoms with Gasteiger partial charge < -0.3 is 39.6 Å². The first-order valence-electron chi connectivity index (χ1n) is 16.5. The lowest BCUT2D eigenvalue weighted by Crippen LogP contribution is -2.57. The van der Waals surface area contributed by atoms with Crippen LogP contribution in [0.5, 0.6) is 17.2 Å². The Labute approximate surface area is 273 Å². The summed E-state index contributed by atoms with van der Waals surface area (Å²) in [6.45, 7) is 9.88. The van der Waals surface area contributed by atoms with Gasteiger partial charge in [0.25, 0.3) is 0 Å². The maximum atomic E-state index is 13.3. The molecule has 0 saturated carbocycles. The first kappa shape index (κ1) is 33.7. The average molecular weight is 632 g/mol. The molecule has 3 aromatic carbocycles. The van der Waals surface area contributed by atoms with Crippen LogP contribution in [0.4, 0.5) is 5.69 Å². The molecule has 248 valence electrons. The lowest BCUT2D eigenvalue weighted by molar-refractivity contribution is -0.144. The van der Waals surface area contributed by atoms with Gasteiger partial charge in [-0.05, 0) is 71.8 Å². The van der Waals surface area contributed by atoms with E-state index in [-0.39, 0.29) is 24.3 Å². The standard InChI is InChI=1S/C37H49N3O6/c1-5-26-7-12-29(13-8-26)46-30-14-10-28(11-15-30)35-32(41)22-40(37(42)36(38)25(2)3)23-34(35)45-24-27-9-16-33-31(21-27)39(18-20-44-33)17-6-19-43-4/h7-16,21,25,32,34-36,41H,5-6,17-20,22-24,38H2,1-4H3/t32-,34+,35+,36?/m1/s1. The third-order valence-electron chi connectivity index (χ3n) is 8.99. The SMILES string of the molecule is CCc1ccc(Oc2ccc([C@H]3[C@H](O)CN(C(=O)C(N)C(C)C)C[C@@H]3OCc3ccc4c(c3)N(CCCOC)CCO4)cc2)cc1.